The summed E-state index contributed by atoms with van der Waals surface area (Å²) in [6, 6.07) is 7.16. The summed E-state index contributed by atoms with van der Waals surface area (Å²) in [6.07, 6.45) is 1.53. The molecular formula is C11H8ClNO2. The Balaban J connectivity index is 2.49. The molecule has 0 bridgehead atoms. The third kappa shape index (κ3) is 1.92. The lowest BCUT2D eigenvalue weighted by molar-refractivity contribution is 0.0979. The molecule has 2 aromatic rings. The number of rotatable bonds is 2. The minimum Gasteiger partial charge on any atom is -0.352 e. The predicted octanol–water partition coefficient (Wildman–Crippen LogP) is 3.20. The van der Waals surface area contributed by atoms with E-state index in [1.165, 1.54) is 13.1 Å². The third-order valence-corrected chi connectivity index (χ3v) is 2.30. The van der Waals surface area contributed by atoms with Gasteiger partial charge >= 0.3 is 0 Å². The number of ketones is 1. The van der Waals surface area contributed by atoms with Crippen molar-refractivity contribution in [2.75, 3.05) is 0 Å². The summed E-state index contributed by atoms with van der Waals surface area (Å²) in [7, 11) is 0. The summed E-state index contributed by atoms with van der Waals surface area (Å²) < 4.78 is 4.88. The Labute approximate surface area is 91.6 Å². The fraction of sp³-hybridized carbons (Fsp3) is 0.0909. The van der Waals surface area contributed by atoms with Crippen molar-refractivity contribution in [1.82, 2.24) is 5.16 Å². The molecule has 0 unspecified atom stereocenters. The molecule has 0 aliphatic heterocycles. The van der Waals surface area contributed by atoms with E-state index in [0.717, 1.165) is 5.56 Å². The topological polar surface area (TPSA) is 43.1 Å². The van der Waals surface area contributed by atoms with E-state index in [1.807, 2.05) is 12.1 Å². The molecule has 0 aliphatic carbocycles. The number of hydrogen-bond donors (Lipinski definition) is 0. The van der Waals surface area contributed by atoms with Crippen LogP contribution in [0.25, 0.3) is 11.1 Å². The summed E-state index contributed by atoms with van der Waals surface area (Å²) in [5, 5.41) is 4.27. The zero-order valence-corrected chi connectivity index (χ0v) is 8.78. The van der Waals surface area contributed by atoms with E-state index in [4.69, 9.17) is 16.1 Å². The highest BCUT2D eigenvalue weighted by Gasteiger charge is 2.13. The molecular weight excluding hydrogens is 214 g/mol. The molecule has 0 aliphatic rings. The van der Waals surface area contributed by atoms with Gasteiger partial charge in [0.25, 0.3) is 0 Å². The molecule has 1 aromatic heterocycles. The van der Waals surface area contributed by atoms with Gasteiger partial charge in [-0.3, -0.25) is 4.79 Å². The van der Waals surface area contributed by atoms with E-state index in [-0.39, 0.29) is 11.5 Å². The Morgan fingerprint density at radius 2 is 2.00 bits per heavy atom. The van der Waals surface area contributed by atoms with Gasteiger partial charge in [0, 0.05) is 11.9 Å². The minimum atomic E-state index is -0.141. The Kier molecular flexibility index (Phi) is 2.56. The lowest BCUT2D eigenvalue weighted by atomic mass is 10.1. The first-order chi connectivity index (χ1) is 7.18. The fourth-order valence-electron chi connectivity index (χ4n) is 1.33. The van der Waals surface area contributed by atoms with Crippen LogP contribution in [0.1, 0.15) is 17.5 Å². The number of carbonyl (C=O) groups is 1. The molecule has 15 heavy (non-hydrogen) atoms. The third-order valence-electron chi connectivity index (χ3n) is 2.05. The highest BCUT2D eigenvalue weighted by Crippen LogP contribution is 2.25. The van der Waals surface area contributed by atoms with Gasteiger partial charge in [-0.15, -0.1) is 0 Å². The van der Waals surface area contributed by atoms with Crippen molar-refractivity contribution in [1.29, 1.82) is 0 Å². The normalized spacial score (nSPS) is 10.3. The summed E-state index contributed by atoms with van der Waals surface area (Å²) in [5.41, 5.74) is 1.56. The first kappa shape index (κ1) is 9.93. The van der Waals surface area contributed by atoms with E-state index in [9.17, 15) is 4.79 Å². The predicted molar refractivity (Wildman–Crippen MR) is 57.0 cm³/mol. The van der Waals surface area contributed by atoms with E-state index < -0.39 is 0 Å². The van der Waals surface area contributed by atoms with Gasteiger partial charge in [0.15, 0.2) is 5.78 Å². The number of benzene rings is 1. The highest BCUT2D eigenvalue weighted by molar-refractivity contribution is 6.30. The Morgan fingerprint density at radius 1 is 1.33 bits per heavy atom. The van der Waals surface area contributed by atoms with Crippen LogP contribution in [0.15, 0.2) is 35.0 Å². The quantitative estimate of drug-likeness (QED) is 0.732. The van der Waals surface area contributed by atoms with Crippen LogP contribution >= 0.6 is 11.6 Å². The average molecular weight is 222 g/mol. The summed E-state index contributed by atoms with van der Waals surface area (Å²) in [4.78, 5) is 11.2. The maximum Gasteiger partial charge on any atom is 0.209 e. The monoisotopic (exact) mass is 221 g/mol. The number of aromatic nitrogens is 1. The fourth-order valence-corrected chi connectivity index (χ4v) is 1.45. The van der Waals surface area contributed by atoms with Gasteiger partial charge in [-0.25, -0.2) is 0 Å². The maximum absolute atomic E-state index is 11.2. The van der Waals surface area contributed by atoms with Crippen LogP contribution in [0.3, 0.4) is 0 Å². The summed E-state index contributed by atoms with van der Waals surface area (Å²) >= 11 is 5.77. The molecule has 4 heteroatoms. The van der Waals surface area contributed by atoms with Crippen LogP contribution < -0.4 is 0 Å². The number of Topliss-reactive ketones (excluding diaryl/α,β-unsaturated/α-hetero) is 1. The lowest BCUT2D eigenvalue weighted by Crippen LogP contribution is -1.91. The van der Waals surface area contributed by atoms with Gasteiger partial charge in [0.1, 0.15) is 0 Å². The number of carbonyl (C=O) groups excluding carboxylic acids is 1. The van der Waals surface area contributed by atoms with Crippen LogP contribution in [0.2, 0.25) is 5.02 Å². The van der Waals surface area contributed by atoms with Gasteiger partial charge in [0.05, 0.1) is 11.8 Å². The van der Waals surface area contributed by atoms with Gasteiger partial charge in [-0.1, -0.05) is 28.9 Å². The van der Waals surface area contributed by atoms with Gasteiger partial charge in [0.2, 0.25) is 5.76 Å². The van der Waals surface area contributed by atoms with Gasteiger partial charge in [-0.05, 0) is 17.7 Å². The molecule has 76 valence electrons. The maximum atomic E-state index is 11.2. The summed E-state index contributed by atoms with van der Waals surface area (Å²) in [6.45, 7) is 1.44. The highest BCUT2D eigenvalue weighted by atomic mass is 35.5. The van der Waals surface area contributed by atoms with Gasteiger partial charge in [-0.2, -0.15) is 0 Å². The molecule has 0 saturated heterocycles. The molecule has 0 radical (unpaired) electrons. The second kappa shape index (κ2) is 3.87. The first-order valence-electron chi connectivity index (χ1n) is 4.40. The zero-order chi connectivity index (χ0) is 10.8. The van der Waals surface area contributed by atoms with Crippen molar-refractivity contribution in [2.45, 2.75) is 6.92 Å². The standard InChI is InChI=1S/C11H8ClNO2/c1-7(14)11-10(6-13-15-11)8-2-4-9(12)5-3-8/h2-6H,1H3. The molecule has 0 amide bonds. The number of hydrogen-bond acceptors (Lipinski definition) is 3. The van der Waals surface area contributed by atoms with Crippen molar-refractivity contribution < 1.29 is 9.32 Å². The Bertz CT molecular complexity index is 488. The van der Waals surface area contributed by atoms with Crippen LogP contribution in [-0.2, 0) is 0 Å². The molecule has 0 N–H and O–H groups in total. The zero-order valence-electron chi connectivity index (χ0n) is 8.03. The SMILES string of the molecule is CC(=O)c1oncc1-c1ccc(Cl)cc1. The van der Waals surface area contributed by atoms with E-state index in [1.54, 1.807) is 12.1 Å². The molecule has 2 rings (SSSR count). The Hall–Kier alpha value is -1.61. The van der Waals surface area contributed by atoms with E-state index in [0.29, 0.717) is 10.6 Å². The second-order valence-corrected chi connectivity index (χ2v) is 3.57. The Morgan fingerprint density at radius 3 is 2.60 bits per heavy atom. The molecule has 0 spiro atoms. The van der Waals surface area contributed by atoms with Crippen LogP contribution in [0.4, 0.5) is 0 Å². The van der Waals surface area contributed by atoms with Crippen LogP contribution in [0, 0.1) is 0 Å². The van der Waals surface area contributed by atoms with Gasteiger partial charge < -0.3 is 4.52 Å². The lowest BCUT2D eigenvalue weighted by Gasteiger charge is -1.98. The first-order valence-corrected chi connectivity index (χ1v) is 4.78. The van der Waals surface area contributed by atoms with E-state index >= 15 is 0 Å². The van der Waals surface area contributed by atoms with Crippen LogP contribution in [0.5, 0.6) is 0 Å². The van der Waals surface area contributed by atoms with Crippen molar-refractivity contribution in [3.8, 4) is 11.1 Å². The molecule has 0 fully saturated rings. The largest absolute Gasteiger partial charge is 0.352 e. The number of nitrogens with zero attached hydrogens (tertiary/aromatic N) is 1. The molecule has 1 heterocycles. The smallest absolute Gasteiger partial charge is 0.209 e. The minimum absolute atomic E-state index is 0.141. The van der Waals surface area contributed by atoms with E-state index in [2.05, 4.69) is 5.16 Å². The van der Waals surface area contributed by atoms with Crippen molar-refractivity contribution >= 4 is 17.4 Å². The molecule has 0 atom stereocenters. The van der Waals surface area contributed by atoms with Crippen molar-refractivity contribution in [3.63, 3.8) is 0 Å². The molecule has 3 nitrogen and oxygen atoms in total. The molecule has 1 aromatic carbocycles. The summed E-state index contributed by atoms with van der Waals surface area (Å²) in [5.74, 6) is 0.134. The average Bonchev–Trinajstić information content (AvgIpc) is 2.67. The van der Waals surface area contributed by atoms with Crippen LogP contribution in [-0.4, -0.2) is 10.9 Å². The van der Waals surface area contributed by atoms with Crippen molar-refractivity contribution in [3.05, 3.63) is 41.2 Å². The molecule has 0 saturated carbocycles. The number of halogens is 1. The van der Waals surface area contributed by atoms with Crippen molar-refractivity contribution in [2.24, 2.45) is 0 Å². The second-order valence-electron chi connectivity index (χ2n) is 3.13.